The Morgan fingerprint density at radius 2 is 1.88 bits per heavy atom. The largest absolute Gasteiger partial charge is 0.445 e. The lowest BCUT2D eigenvalue weighted by atomic mass is 9.86. The summed E-state index contributed by atoms with van der Waals surface area (Å²) in [5.74, 6) is -0.0314. The second-order valence-electron chi connectivity index (χ2n) is 7.08. The van der Waals surface area contributed by atoms with Crippen LogP contribution in [0.4, 0.5) is 4.79 Å². The van der Waals surface area contributed by atoms with E-state index in [1.165, 1.54) is 6.42 Å². The first-order valence-corrected chi connectivity index (χ1v) is 9.03. The van der Waals surface area contributed by atoms with Gasteiger partial charge >= 0.3 is 6.09 Å². The number of alkyl carbamates (subject to hydrolysis) is 1. The molecule has 0 saturated carbocycles. The number of hydrogen-bond acceptors (Lipinski definition) is 4. The zero-order valence-corrected chi connectivity index (χ0v) is 14.9. The van der Waals surface area contributed by atoms with Crippen LogP contribution in [-0.2, 0) is 16.1 Å². The monoisotopic (exact) mass is 345 g/mol. The Bertz CT molecular complexity index is 607. The molecule has 2 saturated heterocycles. The Hall–Kier alpha value is -2.08. The van der Waals surface area contributed by atoms with Gasteiger partial charge in [-0.15, -0.1) is 0 Å². The highest BCUT2D eigenvalue weighted by Crippen LogP contribution is 2.35. The number of amides is 2. The summed E-state index contributed by atoms with van der Waals surface area (Å²) in [6.45, 7) is 2.84. The summed E-state index contributed by atoms with van der Waals surface area (Å²) < 4.78 is 5.15. The molecule has 3 rings (SSSR count). The number of nitrogens with one attached hydrogen (secondary N) is 1. The number of likely N-dealkylation sites (N-methyl/N-ethyl adjacent to an activating group) is 1. The minimum Gasteiger partial charge on any atom is -0.445 e. The quantitative estimate of drug-likeness (QED) is 0.907. The summed E-state index contributed by atoms with van der Waals surface area (Å²) >= 11 is 0. The Morgan fingerprint density at radius 3 is 2.60 bits per heavy atom. The molecule has 2 amide bonds. The number of nitrogens with zero attached hydrogens (tertiary/aromatic N) is 2. The van der Waals surface area contributed by atoms with Gasteiger partial charge in [0.15, 0.2) is 0 Å². The van der Waals surface area contributed by atoms with Gasteiger partial charge in [0.2, 0.25) is 5.91 Å². The molecule has 2 fully saturated rings. The van der Waals surface area contributed by atoms with E-state index >= 15 is 0 Å². The highest BCUT2D eigenvalue weighted by atomic mass is 16.5. The predicted molar refractivity (Wildman–Crippen MR) is 95.0 cm³/mol. The highest BCUT2D eigenvalue weighted by Gasteiger charge is 2.42. The Morgan fingerprint density at radius 1 is 1.16 bits per heavy atom. The number of ether oxygens (including phenoxy) is 1. The maximum atomic E-state index is 12.5. The van der Waals surface area contributed by atoms with E-state index in [0.29, 0.717) is 0 Å². The smallest absolute Gasteiger partial charge is 0.407 e. The molecule has 136 valence electrons. The van der Waals surface area contributed by atoms with Gasteiger partial charge in [-0.05, 0) is 44.8 Å². The van der Waals surface area contributed by atoms with Crippen molar-refractivity contribution in [2.75, 3.05) is 33.2 Å². The summed E-state index contributed by atoms with van der Waals surface area (Å²) in [7, 11) is 2.15. The number of likely N-dealkylation sites (tertiary alicyclic amines) is 2. The van der Waals surface area contributed by atoms with E-state index in [-0.39, 0.29) is 24.6 Å². The average Bonchev–Trinajstić information content (AvgIpc) is 2.98. The lowest BCUT2D eigenvalue weighted by molar-refractivity contribution is -0.133. The minimum atomic E-state index is -0.554. The van der Waals surface area contributed by atoms with Crippen molar-refractivity contribution < 1.29 is 14.3 Å². The van der Waals surface area contributed by atoms with Crippen molar-refractivity contribution in [2.45, 2.75) is 37.8 Å². The molecule has 0 aromatic heterocycles. The van der Waals surface area contributed by atoms with Gasteiger partial charge in [0.25, 0.3) is 0 Å². The van der Waals surface area contributed by atoms with Crippen LogP contribution in [0.2, 0.25) is 0 Å². The molecular weight excluding hydrogens is 318 g/mol. The number of benzene rings is 1. The van der Waals surface area contributed by atoms with E-state index in [9.17, 15) is 9.59 Å². The summed E-state index contributed by atoms with van der Waals surface area (Å²) in [6, 6.07) is 9.49. The fourth-order valence-electron chi connectivity index (χ4n) is 3.95. The SMILES string of the molecule is CN1CCCC12CCCN(C(=O)CNC(=O)OCc1ccccc1)C2. The number of hydrogen-bond donors (Lipinski definition) is 1. The van der Waals surface area contributed by atoms with Crippen molar-refractivity contribution in [3.8, 4) is 0 Å². The summed E-state index contributed by atoms with van der Waals surface area (Å²) in [5, 5.41) is 2.57. The molecule has 1 unspecified atom stereocenters. The number of rotatable bonds is 4. The Kier molecular flexibility index (Phi) is 5.58. The maximum absolute atomic E-state index is 12.5. The van der Waals surface area contributed by atoms with Gasteiger partial charge in [-0.3, -0.25) is 9.69 Å². The van der Waals surface area contributed by atoms with E-state index in [1.54, 1.807) is 0 Å². The van der Waals surface area contributed by atoms with Gasteiger partial charge in [-0.1, -0.05) is 30.3 Å². The number of piperidine rings is 1. The molecule has 2 aliphatic rings. The van der Waals surface area contributed by atoms with E-state index < -0.39 is 6.09 Å². The van der Waals surface area contributed by atoms with Crippen molar-refractivity contribution in [1.82, 2.24) is 15.1 Å². The molecule has 1 atom stereocenters. The molecule has 0 radical (unpaired) electrons. The van der Waals surface area contributed by atoms with Crippen LogP contribution >= 0.6 is 0 Å². The fourth-order valence-corrected chi connectivity index (χ4v) is 3.95. The van der Waals surface area contributed by atoms with Crippen molar-refractivity contribution in [3.63, 3.8) is 0 Å². The fraction of sp³-hybridized carbons (Fsp3) is 0.579. The van der Waals surface area contributed by atoms with Crippen LogP contribution in [0.15, 0.2) is 30.3 Å². The molecule has 1 aromatic rings. The second kappa shape index (κ2) is 7.87. The molecule has 6 nitrogen and oxygen atoms in total. The molecule has 1 N–H and O–H groups in total. The van der Waals surface area contributed by atoms with Crippen molar-refractivity contribution >= 4 is 12.0 Å². The van der Waals surface area contributed by atoms with Crippen molar-refractivity contribution in [1.29, 1.82) is 0 Å². The summed E-state index contributed by atoms with van der Waals surface area (Å²) in [6.07, 6.45) is 3.97. The summed E-state index contributed by atoms with van der Waals surface area (Å²) in [4.78, 5) is 28.5. The molecule has 2 heterocycles. The first-order chi connectivity index (χ1) is 12.1. The molecule has 1 aromatic carbocycles. The van der Waals surface area contributed by atoms with Gasteiger partial charge in [-0.25, -0.2) is 4.79 Å². The predicted octanol–water partition coefficient (Wildman–Crippen LogP) is 2.00. The Labute approximate surface area is 149 Å². The normalized spacial score (nSPS) is 23.6. The second-order valence-corrected chi connectivity index (χ2v) is 7.08. The molecule has 25 heavy (non-hydrogen) atoms. The van der Waals surface area contributed by atoms with Crippen LogP contribution in [0, 0.1) is 0 Å². The number of carbonyl (C=O) groups excluding carboxylic acids is 2. The zero-order valence-electron chi connectivity index (χ0n) is 14.9. The van der Waals surface area contributed by atoms with Gasteiger partial charge in [-0.2, -0.15) is 0 Å². The van der Waals surface area contributed by atoms with Gasteiger partial charge in [0.05, 0.1) is 0 Å². The topological polar surface area (TPSA) is 61.9 Å². The van der Waals surface area contributed by atoms with Gasteiger partial charge in [0, 0.05) is 18.6 Å². The molecule has 6 heteroatoms. The molecule has 0 bridgehead atoms. The van der Waals surface area contributed by atoms with E-state index in [1.807, 2.05) is 35.2 Å². The van der Waals surface area contributed by atoms with Crippen LogP contribution in [0.1, 0.15) is 31.2 Å². The molecule has 1 spiro atoms. The first-order valence-electron chi connectivity index (χ1n) is 9.03. The molecule has 0 aliphatic carbocycles. The Balaban J connectivity index is 1.43. The van der Waals surface area contributed by atoms with E-state index in [0.717, 1.165) is 44.5 Å². The van der Waals surface area contributed by atoms with Crippen LogP contribution in [0.5, 0.6) is 0 Å². The molecular formula is C19H27N3O3. The van der Waals surface area contributed by atoms with Gasteiger partial charge in [0.1, 0.15) is 13.2 Å². The van der Waals surface area contributed by atoms with Crippen molar-refractivity contribution in [3.05, 3.63) is 35.9 Å². The van der Waals surface area contributed by atoms with Crippen molar-refractivity contribution in [2.24, 2.45) is 0 Å². The first kappa shape index (κ1) is 17.7. The van der Waals surface area contributed by atoms with Crippen LogP contribution in [0.25, 0.3) is 0 Å². The third-order valence-electron chi connectivity index (χ3n) is 5.45. The zero-order chi connectivity index (χ0) is 17.7. The van der Waals surface area contributed by atoms with Gasteiger partial charge < -0.3 is 15.0 Å². The number of carbonyl (C=O) groups is 2. The van der Waals surface area contributed by atoms with Crippen LogP contribution < -0.4 is 5.32 Å². The van der Waals surface area contributed by atoms with Crippen LogP contribution in [-0.4, -0.2) is 60.6 Å². The average molecular weight is 345 g/mol. The lowest BCUT2D eigenvalue weighted by Crippen LogP contribution is -2.57. The van der Waals surface area contributed by atoms with E-state index in [2.05, 4.69) is 17.3 Å². The van der Waals surface area contributed by atoms with E-state index in [4.69, 9.17) is 4.74 Å². The maximum Gasteiger partial charge on any atom is 0.407 e. The third-order valence-corrected chi connectivity index (χ3v) is 5.45. The summed E-state index contributed by atoms with van der Waals surface area (Å²) in [5.41, 5.74) is 1.06. The molecule has 2 aliphatic heterocycles. The van der Waals surface area contributed by atoms with Crippen LogP contribution in [0.3, 0.4) is 0 Å². The lowest BCUT2D eigenvalue weighted by Gasteiger charge is -2.44. The third kappa shape index (κ3) is 4.31. The standard InChI is InChI=1S/C19H27N3O3/c1-21-11-5-9-19(21)10-6-12-22(15-19)17(23)13-20-18(24)25-14-16-7-3-2-4-8-16/h2-4,7-8H,5-6,9-15H2,1H3,(H,20,24). The minimum absolute atomic E-state index is 0.00653. The highest BCUT2D eigenvalue weighted by molar-refractivity contribution is 5.82.